The fourth-order valence-electron chi connectivity index (χ4n) is 1.26. The Morgan fingerprint density at radius 2 is 1.94 bits per heavy atom. The molecule has 0 saturated carbocycles. The van der Waals surface area contributed by atoms with Crippen LogP contribution in [0.15, 0.2) is 42.7 Å². The number of aliphatic hydroxyl groups is 1. The molecule has 0 bridgehead atoms. The molecule has 1 N–H and O–H groups in total. The topological polar surface area (TPSA) is 46.0 Å². The van der Waals surface area contributed by atoms with Crippen molar-refractivity contribution in [1.29, 1.82) is 0 Å². The van der Waals surface area contributed by atoms with Gasteiger partial charge >= 0.3 is 0 Å². The molecular weight excluding hydrogens is 224 g/mol. The molecule has 0 radical (unpaired) electrons. The van der Waals surface area contributed by atoms with Crippen molar-refractivity contribution in [2.45, 2.75) is 0 Å². The van der Waals surface area contributed by atoms with E-state index in [0.717, 1.165) is 5.56 Å². The normalized spacial score (nSPS) is 11.4. The number of hydrogen-bond donors (Lipinski definition) is 1. The summed E-state index contributed by atoms with van der Waals surface area (Å²) >= 11 is 5.71. The molecule has 0 spiro atoms. The van der Waals surface area contributed by atoms with Gasteiger partial charge in [0.1, 0.15) is 17.2 Å². The molecule has 0 unspecified atom stereocenters. The Morgan fingerprint density at radius 1 is 1.19 bits per heavy atom. The Kier molecular flexibility index (Phi) is 3.17. The van der Waals surface area contributed by atoms with E-state index in [1.807, 2.05) is 30.3 Å². The zero-order valence-electron chi connectivity index (χ0n) is 8.34. The van der Waals surface area contributed by atoms with Crippen LogP contribution in [-0.4, -0.2) is 15.1 Å². The fourth-order valence-corrected chi connectivity index (χ4v) is 1.41. The van der Waals surface area contributed by atoms with Crippen LogP contribution in [-0.2, 0) is 0 Å². The molecule has 16 heavy (non-hydrogen) atoms. The quantitative estimate of drug-likeness (QED) is 0.639. The molecule has 0 fully saturated rings. The number of aromatic nitrogens is 2. The molecule has 1 aromatic heterocycles. The molecule has 2 rings (SSSR count). The van der Waals surface area contributed by atoms with E-state index in [2.05, 4.69) is 9.97 Å². The fraction of sp³-hybridized carbons (Fsp3) is 0. The average Bonchev–Trinajstić information content (AvgIpc) is 2.30. The molecule has 80 valence electrons. The number of benzene rings is 1. The molecule has 0 amide bonds. The maximum Gasteiger partial charge on any atom is 0.133 e. The summed E-state index contributed by atoms with van der Waals surface area (Å²) in [5.41, 5.74) is 1.30. The Morgan fingerprint density at radius 3 is 2.62 bits per heavy atom. The van der Waals surface area contributed by atoms with Crippen molar-refractivity contribution in [3.8, 4) is 0 Å². The maximum absolute atomic E-state index is 9.82. The van der Waals surface area contributed by atoms with Crippen LogP contribution < -0.4 is 0 Å². The first-order valence-corrected chi connectivity index (χ1v) is 5.07. The summed E-state index contributed by atoms with van der Waals surface area (Å²) in [7, 11) is 0. The third kappa shape index (κ3) is 2.58. The van der Waals surface area contributed by atoms with Gasteiger partial charge in [-0.05, 0) is 0 Å². The highest BCUT2D eigenvalue weighted by Gasteiger charge is 1.99. The third-order valence-corrected chi connectivity index (χ3v) is 2.22. The van der Waals surface area contributed by atoms with Gasteiger partial charge in [0.2, 0.25) is 0 Å². The first kappa shape index (κ1) is 10.6. The predicted molar refractivity (Wildman–Crippen MR) is 64.0 cm³/mol. The molecule has 0 aliphatic carbocycles. The van der Waals surface area contributed by atoms with Gasteiger partial charge in [0.05, 0.1) is 5.69 Å². The summed E-state index contributed by atoms with van der Waals surface area (Å²) < 4.78 is 0. The highest BCUT2D eigenvalue weighted by molar-refractivity contribution is 6.29. The van der Waals surface area contributed by atoms with E-state index >= 15 is 0 Å². The van der Waals surface area contributed by atoms with E-state index in [1.54, 1.807) is 12.1 Å². The van der Waals surface area contributed by atoms with Crippen molar-refractivity contribution < 1.29 is 5.11 Å². The van der Waals surface area contributed by atoms with Crippen molar-refractivity contribution >= 4 is 23.4 Å². The van der Waals surface area contributed by atoms with E-state index in [9.17, 15) is 5.11 Å². The number of aliphatic hydroxyl groups excluding tert-OH is 1. The Labute approximate surface area is 98.1 Å². The van der Waals surface area contributed by atoms with E-state index in [0.29, 0.717) is 10.8 Å². The summed E-state index contributed by atoms with van der Waals surface area (Å²) in [6.45, 7) is 0. The summed E-state index contributed by atoms with van der Waals surface area (Å²) in [6, 6.07) is 10.8. The second-order valence-corrected chi connectivity index (χ2v) is 3.55. The van der Waals surface area contributed by atoms with Gasteiger partial charge in [-0.3, -0.25) is 0 Å². The minimum atomic E-state index is 0.148. The number of rotatable bonds is 2. The second kappa shape index (κ2) is 4.77. The van der Waals surface area contributed by atoms with E-state index in [-0.39, 0.29) is 5.76 Å². The molecule has 0 atom stereocenters. The Hall–Kier alpha value is -1.87. The minimum Gasteiger partial charge on any atom is -0.507 e. The molecular formula is C12H9ClN2O. The molecule has 1 heterocycles. The first-order chi connectivity index (χ1) is 7.75. The highest BCUT2D eigenvalue weighted by atomic mass is 35.5. The zero-order chi connectivity index (χ0) is 11.4. The molecule has 1 aromatic carbocycles. The van der Waals surface area contributed by atoms with Crippen LogP contribution in [0.25, 0.3) is 11.8 Å². The van der Waals surface area contributed by atoms with Crippen molar-refractivity contribution in [3.05, 3.63) is 59.1 Å². The van der Waals surface area contributed by atoms with Gasteiger partial charge in [0.25, 0.3) is 0 Å². The highest BCUT2D eigenvalue weighted by Crippen LogP contribution is 2.14. The summed E-state index contributed by atoms with van der Waals surface area (Å²) in [4.78, 5) is 7.74. The van der Waals surface area contributed by atoms with Gasteiger partial charge < -0.3 is 5.11 Å². The molecule has 0 saturated heterocycles. The minimum absolute atomic E-state index is 0.148. The van der Waals surface area contributed by atoms with Crippen LogP contribution in [0.3, 0.4) is 0 Å². The maximum atomic E-state index is 9.82. The molecule has 3 nitrogen and oxygen atoms in total. The van der Waals surface area contributed by atoms with Gasteiger partial charge in [-0.15, -0.1) is 0 Å². The largest absolute Gasteiger partial charge is 0.507 e. The van der Waals surface area contributed by atoms with Crippen LogP contribution >= 0.6 is 11.6 Å². The summed E-state index contributed by atoms with van der Waals surface area (Å²) in [5, 5.41) is 10.2. The van der Waals surface area contributed by atoms with Crippen LogP contribution in [0.5, 0.6) is 0 Å². The van der Waals surface area contributed by atoms with E-state index in [1.165, 1.54) is 6.33 Å². The average molecular weight is 233 g/mol. The second-order valence-electron chi connectivity index (χ2n) is 3.16. The van der Waals surface area contributed by atoms with Crippen molar-refractivity contribution in [2.75, 3.05) is 0 Å². The number of hydrogen-bond acceptors (Lipinski definition) is 3. The molecule has 2 aromatic rings. The molecule has 4 heteroatoms. The smallest absolute Gasteiger partial charge is 0.133 e. The Bertz CT molecular complexity index is 511. The lowest BCUT2D eigenvalue weighted by atomic mass is 10.1. The van der Waals surface area contributed by atoms with Crippen LogP contribution in [0.1, 0.15) is 11.3 Å². The third-order valence-electron chi connectivity index (χ3n) is 2.01. The van der Waals surface area contributed by atoms with Crippen molar-refractivity contribution in [2.24, 2.45) is 0 Å². The first-order valence-electron chi connectivity index (χ1n) is 4.69. The van der Waals surface area contributed by atoms with E-state index in [4.69, 9.17) is 11.6 Å². The number of nitrogens with zero attached hydrogens (tertiary/aromatic N) is 2. The van der Waals surface area contributed by atoms with Gasteiger partial charge in [-0.1, -0.05) is 41.9 Å². The van der Waals surface area contributed by atoms with Crippen LogP contribution in [0.2, 0.25) is 5.15 Å². The lowest BCUT2D eigenvalue weighted by molar-refractivity contribution is 0.515. The van der Waals surface area contributed by atoms with Gasteiger partial charge in [0, 0.05) is 17.7 Å². The monoisotopic (exact) mass is 232 g/mol. The number of halogens is 1. The van der Waals surface area contributed by atoms with Crippen LogP contribution in [0, 0.1) is 0 Å². The van der Waals surface area contributed by atoms with E-state index < -0.39 is 0 Å². The van der Waals surface area contributed by atoms with Gasteiger partial charge in [0.15, 0.2) is 0 Å². The van der Waals surface area contributed by atoms with Crippen LogP contribution in [0.4, 0.5) is 0 Å². The van der Waals surface area contributed by atoms with Gasteiger partial charge in [-0.2, -0.15) is 0 Å². The predicted octanol–water partition coefficient (Wildman–Crippen LogP) is 3.19. The van der Waals surface area contributed by atoms with Crippen molar-refractivity contribution in [1.82, 2.24) is 9.97 Å². The summed E-state index contributed by atoms with van der Waals surface area (Å²) in [5.74, 6) is 0.148. The lowest BCUT2D eigenvalue weighted by Crippen LogP contribution is -1.86. The van der Waals surface area contributed by atoms with Gasteiger partial charge in [-0.25, -0.2) is 9.97 Å². The standard InChI is InChI=1S/C12H9ClN2O/c13-12-7-10(14-8-15-12)6-11(16)9-4-2-1-3-5-9/h1-8,16H/b11-6-. The lowest BCUT2D eigenvalue weighted by Gasteiger charge is -1.99. The van der Waals surface area contributed by atoms with Crippen molar-refractivity contribution in [3.63, 3.8) is 0 Å². The molecule has 0 aliphatic rings. The zero-order valence-corrected chi connectivity index (χ0v) is 9.09. The Balaban J connectivity index is 2.32. The molecule has 0 aliphatic heterocycles. The SMILES string of the molecule is O/C(=C\c1cc(Cl)ncn1)c1ccccc1. The summed E-state index contributed by atoms with van der Waals surface area (Å²) in [6.07, 6.45) is 2.90.